The van der Waals surface area contributed by atoms with Gasteiger partial charge in [0, 0.05) is 19.5 Å². The fourth-order valence-electron chi connectivity index (χ4n) is 2.96. The zero-order valence-corrected chi connectivity index (χ0v) is 14.9. The Kier molecular flexibility index (Phi) is 4.60. The summed E-state index contributed by atoms with van der Waals surface area (Å²) >= 11 is 1.32. The number of nitrogens with zero attached hydrogens (tertiary/aromatic N) is 2. The summed E-state index contributed by atoms with van der Waals surface area (Å²) in [5.41, 5.74) is 0.690. The molecule has 1 aliphatic heterocycles. The third-order valence-electron chi connectivity index (χ3n) is 4.58. The van der Waals surface area contributed by atoms with Gasteiger partial charge in [0.15, 0.2) is 0 Å². The van der Waals surface area contributed by atoms with Crippen LogP contribution in [0.5, 0.6) is 0 Å². The third-order valence-corrected chi connectivity index (χ3v) is 5.73. The van der Waals surface area contributed by atoms with Gasteiger partial charge in [0.25, 0.3) is 5.91 Å². The molecule has 0 spiro atoms. The van der Waals surface area contributed by atoms with E-state index < -0.39 is 11.4 Å². The van der Waals surface area contributed by atoms with E-state index in [2.05, 4.69) is 4.98 Å². The van der Waals surface area contributed by atoms with Gasteiger partial charge in [-0.05, 0) is 38.0 Å². The maximum absolute atomic E-state index is 13.0. The molecular weight excluding hydrogens is 343 g/mol. The first-order valence-corrected chi connectivity index (χ1v) is 8.83. The summed E-state index contributed by atoms with van der Waals surface area (Å²) in [6.45, 7) is 4.10. The van der Waals surface area contributed by atoms with Crippen LogP contribution in [0.25, 0.3) is 0 Å². The molecule has 132 valence electrons. The van der Waals surface area contributed by atoms with Crippen molar-refractivity contribution >= 4 is 23.2 Å². The van der Waals surface area contributed by atoms with E-state index in [9.17, 15) is 19.1 Å². The smallest absolute Gasteiger partial charge is 0.311 e. The number of aliphatic carboxylic acids is 1. The van der Waals surface area contributed by atoms with Crippen LogP contribution in [0, 0.1) is 18.2 Å². The fourth-order valence-corrected chi connectivity index (χ4v) is 4.02. The SMILES string of the molecule is Cc1nc(Cc2ccc(F)cc2)sc1C(=O)N1CCC(C)(C(=O)O)C1. The Balaban J connectivity index is 1.75. The van der Waals surface area contributed by atoms with Gasteiger partial charge >= 0.3 is 5.97 Å². The summed E-state index contributed by atoms with van der Waals surface area (Å²) in [4.78, 5) is 30.7. The highest BCUT2D eigenvalue weighted by Gasteiger charge is 2.42. The predicted molar refractivity (Wildman–Crippen MR) is 92.3 cm³/mol. The number of benzene rings is 1. The Morgan fingerprint density at radius 3 is 2.64 bits per heavy atom. The molecule has 1 unspecified atom stereocenters. The number of carbonyl (C=O) groups excluding carboxylic acids is 1. The molecule has 5 nitrogen and oxygen atoms in total. The Hall–Kier alpha value is -2.28. The van der Waals surface area contributed by atoms with E-state index in [1.54, 1.807) is 30.9 Å². The second kappa shape index (κ2) is 6.55. The van der Waals surface area contributed by atoms with Gasteiger partial charge in [0.05, 0.1) is 16.1 Å². The molecule has 7 heteroatoms. The van der Waals surface area contributed by atoms with Gasteiger partial charge in [0.2, 0.25) is 0 Å². The number of hydrogen-bond donors (Lipinski definition) is 1. The molecule has 1 saturated heterocycles. The molecule has 3 rings (SSSR count). The molecule has 2 heterocycles. The number of hydrogen-bond acceptors (Lipinski definition) is 4. The quantitative estimate of drug-likeness (QED) is 0.907. The van der Waals surface area contributed by atoms with Crippen molar-refractivity contribution in [3.05, 3.63) is 51.2 Å². The molecule has 1 atom stereocenters. The maximum atomic E-state index is 13.0. The van der Waals surface area contributed by atoms with Crippen LogP contribution >= 0.6 is 11.3 Å². The molecular formula is C18H19FN2O3S. The van der Waals surface area contributed by atoms with Crippen LogP contribution in [-0.2, 0) is 11.2 Å². The van der Waals surface area contributed by atoms with Gasteiger partial charge in [-0.1, -0.05) is 12.1 Å². The Bertz CT molecular complexity index is 818. The van der Waals surface area contributed by atoms with Crippen molar-refractivity contribution in [2.75, 3.05) is 13.1 Å². The summed E-state index contributed by atoms with van der Waals surface area (Å²) in [5.74, 6) is -1.32. The topological polar surface area (TPSA) is 70.5 Å². The van der Waals surface area contributed by atoms with Crippen LogP contribution in [0.4, 0.5) is 4.39 Å². The highest BCUT2D eigenvalue weighted by Crippen LogP contribution is 2.32. The third kappa shape index (κ3) is 3.56. The highest BCUT2D eigenvalue weighted by atomic mass is 32.1. The number of halogens is 1. The first-order valence-electron chi connectivity index (χ1n) is 8.02. The molecule has 0 radical (unpaired) electrons. The van der Waals surface area contributed by atoms with Crippen LogP contribution in [0.2, 0.25) is 0 Å². The van der Waals surface area contributed by atoms with Gasteiger partial charge in [-0.25, -0.2) is 9.37 Å². The minimum absolute atomic E-state index is 0.162. The number of carboxylic acid groups (broad SMARTS) is 1. The monoisotopic (exact) mass is 362 g/mol. The van der Waals surface area contributed by atoms with E-state index in [4.69, 9.17) is 0 Å². The Morgan fingerprint density at radius 1 is 1.36 bits per heavy atom. The highest BCUT2D eigenvalue weighted by molar-refractivity contribution is 7.13. The van der Waals surface area contributed by atoms with Crippen LogP contribution in [0.3, 0.4) is 0 Å². The van der Waals surface area contributed by atoms with E-state index in [1.807, 2.05) is 0 Å². The number of likely N-dealkylation sites (tertiary alicyclic amines) is 1. The normalized spacial score (nSPS) is 20.0. The van der Waals surface area contributed by atoms with Crippen molar-refractivity contribution in [3.63, 3.8) is 0 Å². The van der Waals surface area contributed by atoms with Gasteiger partial charge in [-0.2, -0.15) is 0 Å². The number of rotatable bonds is 4. The number of amides is 1. The molecule has 0 aliphatic carbocycles. The molecule has 1 aromatic carbocycles. The molecule has 0 saturated carbocycles. The minimum Gasteiger partial charge on any atom is -0.481 e. The molecule has 1 N–H and O–H groups in total. The lowest BCUT2D eigenvalue weighted by Gasteiger charge is -2.19. The fraction of sp³-hybridized carbons (Fsp3) is 0.389. The summed E-state index contributed by atoms with van der Waals surface area (Å²) in [6.07, 6.45) is 0.986. The number of thiazole rings is 1. The van der Waals surface area contributed by atoms with E-state index in [1.165, 1.54) is 23.5 Å². The number of carbonyl (C=O) groups is 2. The zero-order chi connectivity index (χ0) is 18.2. The second-order valence-electron chi connectivity index (χ2n) is 6.67. The van der Waals surface area contributed by atoms with Crippen molar-refractivity contribution in [1.29, 1.82) is 0 Å². The average Bonchev–Trinajstić information content (AvgIpc) is 3.13. The Morgan fingerprint density at radius 2 is 2.04 bits per heavy atom. The van der Waals surface area contributed by atoms with E-state index >= 15 is 0 Å². The molecule has 25 heavy (non-hydrogen) atoms. The van der Waals surface area contributed by atoms with Crippen molar-refractivity contribution in [2.24, 2.45) is 5.41 Å². The minimum atomic E-state index is -0.884. The second-order valence-corrected chi connectivity index (χ2v) is 7.75. The van der Waals surface area contributed by atoms with Crippen molar-refractivity contribution in [3.8, 4) is 0 Å². The van der Waals surface area contributed by atoms with Crippen LogP contribution in [0.15, 0.2) is 24.3 Å². The van der Waals surface area contributed by atoms with Crippen molar-refractivity contribution < 1.29 is 19.1 Å². The molecule has 1 aromatic heterocycles. The van der Waals surface area contributed by atoms with E-state index in [-0.39, 0.29) is 18.3 Å². The average molecular weight is 362 g/mol. The zero-order valence-electron chi connectivity index (χ0n) is 14.1. The molecule has 1 amide bonds. The number of carboxylic acids is 1. The summed E-state index contributed by atoms with van der Waals surface area (Å²) in [5, 5.41) is 10.1. The summed E-state index contributed by atoms with van der Waals surface area (Å²) in [7, 11) is 0. The van der Waals surface area contributed by atoms with Crippen LogP contribution in [-0.4, -0.2) is 40.0 Å². The first kappa shape index (κ1) is 17.5. The maximum Gasteiger partial charge on any atom is 0.311 e. The standard InChI is InChI=1S/C18H19FN2O3S/c1-11-15(16(22)21-8-7-18(2,10-21)17(23)24)25-14(20-11)9-12-3-5-13(19)6-4-12/h3-6H,7-10H2,1-2H3,(H,23,24). The van der Waals surface area contributed by atoms with Crippen LogP contribution in [0.1, 0.15) is 39.3 Å². The number of aryl methyl sites for hydroxylation is 1. The molecule has 0 bridgehead atoms. The molecule has 1 aliphatic rings. The van der Waals surface area contributed by atoms with Crippen molar-refractivity contribution in [1.82, 2.24) is 9.88 Å². The lowest BCUT2D eigenvalue weighted by Crippen LogP contribution is -2.34. The lowest BCUT2D eigenvalue weighted by molar-refractivity contribution is -0.147. The van der Waals surface area contributed by atoms with E-state index in [0.29, 0.717) is 30.0 Å². The van der Waals surface area contributed by atoms with Gasteiger partial charge in [0.1, 0.15) is 10.7 Å². The number of aromatic nitrogens is 1. The molecule has 1 fully saturated rings. The predicted octanol–water partition coefficient (Wildman–Crippen LogP) is 3.12. The largest absolute Gasteiger partial charge is 0.481 e. The molecule has 2 aromatic rings. The lowest BCUT2D eigenvalue weighted by atomic mass is 9.90. The van der Waals surface area contributed by atoms with Gasteiger partial charge < -0.3 is 10.0 Å². The van der Waals surface area contributed by atoms with E-state index in [0.717, 1.165) is 10.6 Å². The van der Waals surface area contributed by atoms with Gasteiger partial charge in [-0.3, -0.25) is 9.59 Å². The summed E-state index contributed by atoms with van der Waals surface area (Å²) < 4.78 is 13.0. The Labute approximate surface area is 149 Å². The van der Waals surface area contributed by atoms with Gasteiger partial charge in [-0.15, -0.1) is 11.3 Å². The van der Waals surface area contributed by atoms with Crippen LogP contribution < -0.4 is 0 Å². The summed E-state index contributed by atoms with van der Waals surface area (Å²) in [6, 6.07) is 6.20. The van der Waals surface area contributed by atoms with Crippen molar-refractivity contribution in [2.45, 2.75) is 26.7 Å². The first-order chi connectivity index (χ1) is 11.8.